The number of hydrazone groups is 1. The fourth-order valence-electron chi connectivity index (χ4n) is 3.23. The molecule has 4 rings (SSSR count). The van der Waals surface area contributed by atoms with Gasteiger partial charge in [0.25, 0.3) is 5.91 Å². The van der Waals surface area contributed by atoms with Gasteiger partial charge in [-0.25, -0.2) is 5.43 Å². The van der Waals surface area contributed by atoms with Crippen LogP contribution in [0, 0.1) is 6.92 Å². The molecule has 0 saturated heterocycles. The first-order chi connectivity index (χ1) is 16.9. The minimum Gasteiger partial charge on any atom is -0.507 e. The van der Waals surface area contributed by atoms with E-state index < -0.39 is 5.91 Å². The fourth-order valence-corrected chi connectivity index (χ4v) is 3.61. The van der Waals surface area contributed by atoms with Gasteiger partial charge in [0.15, 0.2) is 11.5 Å². The highest BCUT2D eigenvalue weighted by atomic mass is 79.9. The number of ether oxygens (including phenoxy) is 2. The zero-order valence-corrected chi connectivity index (χ0v) is 20.7. The van der Waals surface area contributed by atoms with Gasteiger partial charge in [-0.2, -0.15) is 10.2 Å². The van der Waals surface area contributed by atoms with Gasteiger partial charge in [-0.1, -0.05) is 45.8 Å². The fraction of sp³-hybridized carbons (Fsp3) is 0.115. The molecule has 3 aromatic carbocycles. The first kappa shape index (κ1) is 24.0. The third-order valence-corrected chi connectivity index (χ3v) is 5.65. The Balaban J connectivity index is 1.42. The van der Waals surface area contributed by atoms with Crippen molar-refractivity contribution in [3.05, 3.63) is 93.6 Å². The lowest BCUT2D eigenvalue weighted by Gasteiger charge is -2.12. The first-order valence-corrected chi connectivity index (χ1v) is 11.5. The number of phenolic OH excluding ortho intramolecular Hbond substituents is 1. The van der Waals surface area contributed by atoms with Crippen LogP contribution in [0.2, 0.25) is 0 Å². The summed E-state index contributed by atoms with van der Waals surface area (Å²) in [6.45, 7) is 2.46. The van der Waals surface area contributed by atoms with Crippen LogP contribution in [0.25, 0.3) is 11.3 Å². The van der Waals surface area contributed by atoms with Gasteiger partial charge >= 0.3 is 0 Å². The molecule has 4 aromatic rings. The Morgan fingerprint density at radius 3 is 2.69 bits per heavy atom. The van der Waals surface area contributed by atoms with Gasteiger partial charge in [0.2, 0.25) is 0 Å². The summed E-state index contributed by atoms with van der Waals surface area (Å²) < 4.78 is 12.2. The number of rotatable bonds is 8. The van der Waals surface area contributed by atoms with E-state index in [4.69, 9.17) is 9.47 Å². The Hall–Kier alpha value is -4.11. The van der Waals surface area contributed by atoms with Gasteiger partial charge in [0.1, 0.15) is 18.1 Å². The van der Waals surface area contributed by atoms with E-state index in [9.17, 15) is 9.90 Å². The maximum Gasteiger partial charge on any atom is 0.289 e. The van der Waals surface area contributed by atoms with Crippen LogP contribution < -0.4 is 14.9 Å². The largest absolute Gasteiger partial charge is 0.507 e. The number of aromatic nitrogens is 2. The quantitative estimate of drug-likeness (QED) is 0.212. The minimum absolute atomic E-state index is 0.0512. The smallest absolute Gasteiger partial charge is 0.289 e. The Morgan fingerprint density at radius 1 is 1.11 bits per heavy atom. The number of amides is 1. The van der Waals surface area contributed by atoms with E-state index in [0.717, 1.165) is 15.6 Å². The van der Waals surface area contributed by atoms with Crippen molar-refractivity contribution < 1.29 is 19.4 Å². The molecule has 8 nitrogen and oxygen atoms in total. The zero-order valence-electron chi connectivity index (χ0n) is 19.1. The molecule has 35 heavy (non-hydrogen) atoms. The number of aromatic hydroxyl groups is 1. The third-order valence-electron chi connectivity index (χ3n) is 5.16. The summed E-state index contributed by atoms with van der Waals surface area (Å²) in [5.41, 5.74) is 6.67. The predicted octanol–water partition coefficient (Wildman–Crippen LogP) is 5.20. The highest BCUT2D eigenvalue weighted by Crippen LogP contribution is 2.32. The monoisotopic (exact) mass is 534 g/mol. The van der Waals surface area contributed by atoms with Crippen LogP contribution in [0.5, 0.6) is 17.2 Å². The lowest BCUT2D eigenvalue weighted by Crippen LogP contribution is -2.18. The molecule has 1 amide bonds. The van der Waals surface area contributed by atoms with Crippen LogP contribution in [0.15, 0.2) is 76.3 Å². The molecule has 0 radical (unpaired) electrons. The van der Waals surface area contributed by atoms with E-state index in [1.54, 1.807) is 31.4 Å². The topological polar surface area (TPSA) is 109 Å². The molecule has 0 aliphatic heterocycles. The third kappa shape index (κ3) is 6.07. The number of hydrogen-bond acceptors (Lipinski definition) is 6. The predicted molar refractivity (Wildman–Crippen MR) is 137 cm³/mol. The number of halogens is 1. The lowest BCUT2D eigenvalue weighted by atomic mass is 10.1. The number of phenols is 1. The lowest BCUT2D eigenvalue weighted by molar-refractivity contribution is 0.0950. The molecule has 3 N–H and O–H groups in total. The van der Waals surface area contributed by atoms with Crippen LogP contribution in [0.3, 0.4) is 0 Å². The summed E-state index contributed by atoms with van der Waals surface area (Å²) in [5.74, 6) is 0.743. The standard InChI is InChI=1S/C26H23BrN4O4/c1-16-3-5-17(6-4-16)15-35-24-10-7-18(12-25(24)34-2)21-13-22(30-29-21)26(33)31-28-14-19-11-20(27)8-9-23(19)32/h3-14,32H,15H2,1-2H3,(H,29,30)(H,31,33). The number of nitrogens with zero attached hydrogens (tertiary/aromatic N) is 2. The molecule has 9 heteroatoms. The number of benzene rings is 3. The maximum absolute atomic E-state index is 12.4. The van der Waals surface area contributed by atoms with Crippen molar-refractivity contribution in [1.82, 2.24) is 15.6 Å². The molecule has 0 aliphatic carbocycles. The van der Waals surface area contributed by atoms with Crippen molar-refractivity contribution >= 4 is 28.1 Å². The van der Waals surface area contributed by atoms with Crippen molar-refractivity contribution in [3.63, 3.8) is 0 Å². The molecule has 0 fully saturated rings. The Morgan fingerprint density at radius 2 is 1.91 bits per heavy atom. The Kier molecular flexibility index (Phi) is 7.47. The number of hydrogen-bond donors (Lipinski definition) is 3. The second-order valence-corrected chi connectivity index (χ2v) is 8.62. The van der Waals surface area contributed by atoms with Crippen LogP contribution in [-0.2, 0) is 6.61 Å². The van der Waals surface area contributed by atoms with E-state index in [1.165, 1.54) is 17.8 Å². The van der Waals surface area contributed by atoms with E-state index in [2.05, 4.69) is 36.7 Å². The zero-order chi connectivity index (χ0) is 24.8. The van der Waals surface area contributed by atoms with Gasteiger partial charge in [0, 0.05) is 15.6 Å². The number of aryl methyl sites for hydroxylation is 1. The Bertz CT molecular complexity index is 1370. The number of carbonyl (C=O) groups excluding carboxylic acids is 1. The van der Waals surface area contributed by atoms with E-state index in [1.807, 2.05) is 43.3 Å². The Labute approximate surface area is 210 Å². The summed E-state index contributed by atoms with van der Waals surface area (Å²) in [6.07, 6.45) is 1.36. The SMILES string of the molecule is COc1cc(-c2cc(C(=O)NN=Cc3cc(Br)ccc3O)[nH]n2)ccc1OCc1ccc(C)cc1. The molecule has 1 heterocycles. The highest BCUT2D eigenvalue weighted by molar-refractivity contribution is 9.10. The molecule has 0 spiro atoms. The summed E-state index contributed by atoms with van der Waals surface area (Å²) in [6, 6.07) is 20.1. The molecule has 0 aliphatic rings. The van der Waals surface area contributed by atoms with E-state index in [0.29, 0.717) is 29.4 Å². The van der Waals surface area contributed by atoms with E-state index >= 15 is 0 Å². The molecule has 178 valence electrons. The first-order valence-electron chi connectivity index (χ1n) is 10.7. The number of nitrogens with one attached hydrogen (secondary N) is 2. The molecular formula is C26H23BrN4O4. The van der Waals surface area contributed by atoms with Crippen LogP contribution in [-0.4, -0.2) is 34.5 Å². The summed E-state index contributed by atoms with van der Waals surface area (Å²) in [7, 11) is 1.57. The number of carbonyl (C=O) groups is 1. The normalized spacial score (nSPS) is 10.9. The molecule has 0 atom stereocenters. The highest BCUT2D eigenvalue weighted by Gasteiger charge is 2.13. The second-order valence-electron chi connectivity index (χ2n) is 7.71. The summed E-state index contributed by atoms with van der Waals surface area (Å²) in [4.78, 5) is 12.4. The number of aromatic amines is 1. The van der Waals surface area contributed by atoms with Crippen molar-refractivity contribution in [2.75, 3.05) is 7.11 Å². The van der Waals surface area contributed by atoms with Gasteiger partial charge in [-0.3, -0.25) is 9.89 Å². The molecule has 0 saturated carbocycles. The average Bonchev–Trinajstić information content (AvgIpc) is 3.36. The molecule has 0 unspecified atom stereocenters. The van der Waals surface area contributed by atoms with Crippen molar-refractivity contribution in [3.8, 4) is 28.5 Å². The van der Waals surface area contributed by atoms with Crippen LogP contribution in [0.1, 0.15) is 27.2 Å². The molecule has 0 bridgehead atoms. The van der Waals surface area contributed by atoms with Gasteiger partial charge in [-0.05, 0) is 55.0 Å². The second kappa shape index (κ2) is 10.9. The average molecular weight is 535 g/mol. The van der Waals surface area contributed by atoms with Gasteiger partial charge in [0.05, 0.1) is 19.0 Å². The van der Waals surface area contributed by atoms with E-state index in [-0.39, 0.29) is 11.4 Å². The van der Waals surface area contributed by atoms with Crippen molar-refractivity contribution in [1.29, 1.82) is 0 Å². The maximum atomic E-state index is 12.4. The summed E-state index contributed by atoms with van der Waals surface area (Å²) in [5, 5.41) is 20.7. The van der Waals surface area contributed by atoms with Gasteiger partial charge < -0.3 is 14.6 Å². The number of H-pyrrole nitrogens is 1. The van der Waals surface area contributed by atoms with Gasteiger partial charge in [-0.15, -0.1) is 0 Å². The number of methoxy groups -OCH3 is 1. The van der Waals surface area contributed by atoms with Crippen LogP contribution >= 0.6 is 15.9 Å². The van der Waals surface area contributed by atoms with Crippen LogP contribution in [0.4, 0.5) is 0 Å². The molecule has 1 aromatic heterocycles. The minimum atomic E-state index is -0.473. The summed E-state index contributed by atoms with van der Waals surface area (Å²) >= 11 is 3.32. The van der Waals surface area contributed by atoms with Crippen molar-refractivity contribution in [2.45, 2.75) is 13.5 Å². The van der Waals surface area contributed by atoms with Crippen molar-refractivity contribution in [2.24, 2.45) is 5.10 Å². The molecular weight excluding hydrogens is 512 g/mol.